The number of aryl methyl sites for hydroxylation is 1. The van der Waals surface area contributed by atoms with Gasteiger partial charge in [-0.15, -0.1) is 0 Å². The minimum absolute atomic E-state index is 0.231. The maximum absolute atomic E-state index is 9.86. The lowest BCUT2D eigenvalue weighted by Crippen LogP contribution is -2.53. The monoisotopic (exact) mass is 227 g/mol. The second-order valence-corrected chi connectivity index (χ2v) is 4.91. The van der Waals surface area contributed by atoms with E-state index in [1.54, 1.807) is 40.7 Å². The third-order valence-electron chi connectivity index (χ3n) is 2.77. The predicted molar refractivity (Wildman–Crippen MR) is 60.3 cm³/mol. The van der Waals surface area contributed by atoms with Gasteiger partial charge in [0.1, 0.15) is 0 Å². The van der Waals surface area contributed by atoms with Gasteiger partial charge in [-0.3, -0.25) is 0 Å². The first-order chi connectivity index (χ1) is 7.13. The van der Waals surface area contributed by atoms with Crippen LogP contribution in [-0.2, 0) is 4.65 Å². The van der Waals surface area contributed by atoms with Crippen LogP contribution in [0.5, 0.6) is 0 Å². The number of nitrogens with zero attached hydrogens (tertiary/aromatic N) is 1. The van der Waals surface area contributed by atoms with Crippen LogP contribution in [0.4, 0.5) is 0 Å². The van der Waals surface area contributed by atoms with Crippen molar-refractivity contribution in [3.63, 3.8) is 0 Å². The standard InChI is InChI=1S/C10H18BNO4/c1-7-6-8(15-12-7)11(14)16-10(4,5)9(2,3)13/h6,13-14H,1-5H3. The molecule has 0 fully saturated rings. The minimum atomic E-state index is -1.23. The van der Waals surface area contributed by atoms with E-state index in [-0.39, 0.29) is 5.66 Å². The molecule has 90 valence electrons. The Hall–Kier alpha value is -0.845. The zero-order valence-corrected chi connectivity index (χ0v) is 10.3. The van der Waals surface area contributed by atoms with Crippen molar-refractivity contribution in [3.05, 3.63) is 11.8 Å². The Morgan fingerprint density at radius 2 is 1.94 bits per heavy atom. The molecule has 0 saturated heterocycles. The number of aromatic nitrogens is 1. The third-order valence-corrected chi connectivity index (χ3v) is 2.77. The molecule has 0 bridgehead atoms. The maximum Gasteiger partial charge on any atom is 0.532 e. The van der Waals surface area contributed by atoms with Crippen molar-refractivity contribution in [3.8, 4) is 0 Å². The molecule has 0 aliphatic heterocycles. The first kappa shape index (κ1) is 13.2. The van der Waals surface area contributed by atoms with Crippen molar-refractivity contribution < 1.29 is 19.3 Å². The summed E-state index contributed by atoms with van der Waals surface area (Å²) >= 11 is 0. The normalized spacial score (nSPS) is 12.9. The van der Waals surface area contributed by atoms with Gasteiger partial charge < -0.3 is 19.3 Å². The summed E-state index contributed by atoms with van der Waals surface area (Å²) in [6, 6.07) is 1.59. The van der Waals surface area contributed by atoms with Crippen molar-refractivity contribution in [1.82, 2.24) is 5.16 Å². The fourth-order valence-electron chi connectivity index (χ4n) is 0.981. The van der Waals surface area contributed by atoms with Gasteiger partial charge >= 0.3 is 7.12 Å². The summed E-state index contributed by atoms with van der Waals surface area (Å²) in [6.07, 6.45) is 0. The highest BCUT2D eigenvalue weighted by molar-refractivity contribution is 6.58. The summed E-state index contributed by atoms with van der Waals surface area (Å²) in [5.74, 6) is 0. The van der Waals surface area contributed by atoms with E-state index in [0.717, 1.165) is 0 Å². The van der Waals surface area contributed by atoms with Crippen LogP contribution in [0.2, 0.25) is 0 Å². The molecule has 1 heterocycles. The summed E-state index contributed by atoms with van der Waals surface area (Å²) in [7, 11) is -1.23. The van der Waals surface area contributed by atoms with Crippen LogP contribution in [0.3, 0.4) is 0 Å². The predicted octanol–water partition coefficient (Wildman–Crippen LogP) is 0.237. The highest BCUT2D eigenvalue weighted by atomic mass is 16.6. The lowest BCUT2D eigenvalue weighted by molar-refractivity contribution is -0.0987. The van der Waals surface area contributed by atoms with E-state index in [2.05, 4.69) is 5.16 Å². The molecule has 0 radical (unpaired) electrons. The summed E-state index contributed by atoms with van der Waals surface area (Å²) < 4.78 is 10.3. The van der Waals surface area contributed by atoms with Gasteiger partial charge in [-0.2, -0.15) is 0 Å². The Morgan fingerprint density at radius 1 is 1.38 bits per heavy atom. The maximum atomic E-state index is 9.86. The second kappa shape index (κ2) is 4.20. The minimum Gasteiger partial charge on any atom is -0.421 e. The van der Waals surface area contributed by atoms with E-state index in [1.807, 2.05) is 0 Å². The molecule has 1 rings (SSSR count). The van der Waals surface area contributed by atoms with Gasteiger partial charge in [-0.05, 0) is 34.6 Å². The van der Waals surface area contributed by atoms with Gasteiger partial charge in [-0.1, -0.05) is 5.16 Å². The van der Waals surface area contributed by atoms with Crippen LogP contribution in [0.15, 0.2) is 10.6 Å². The van der Waals surface area contributed by atoms with E-state index in [4.69, 9.17) is 9.18 Å². The van der Waals surface area contributed by atoms with Crippen molar-refractivity contribution in [2.24, 2.45) is 0 Å². The van der Waals surface area contributed by atoms with Gasteiger partial charge in [0.2, 0.25) is 0 Å². The molecule has 1 aromatic rings. The van der Waals surface area contributed by atoms with Gasteiger partial charge in [0, 0.05) is 6.07 Å². The molecule has 0 aliphatic rings. The van der Waals surface area contributed by atoms with Crippen LogP contribution in [0.25, 0.3) is 0 Å². The zero-order chi connectivity index (χ0) is 12.6. The molecule has 1 aromatic heterocycles. The average Bonchev–Trinajstić information content (AvgIpc) is 2.48. The fraction of sp³-hybridized carbons (Fsp3) is 0.700. The first-order valence-electron chi connectivity index (χ1n) is 5.15. The van der Waals surface area contributed by atoms with E-state index in [1.165, 1.54) is 0 Å². The lowest BCUT2D eigenvalue weighted by atomic mass is 9.81. The molecular formula is C10H18BNO4. The van der Waals surface area contributed by atoms with Gasteiger partial charge in [0.25, 0.3) is 0 Å². The molecular weight excluding hydrogens is 209 g/mol. The molecule has 0 aromatic carbocycles. The molecule has 0 aliphatic carbocycles. The van der Waals surface area contributed by atoms with E-state index in [9.17, 15) is 10.1 Å². The smallest absolute Gasteiger partial charge is 0.421 e. The fourth-order valence-corrected chi connectivity index (χ4v) is 0.981. The molecule has 6 heteroatoms. The van der Waals surface area contributed by atoms with Crippen molar-refractivity contribution in [2.45, 2.75) is 45.8 Å². The summed E-state index contributed by atoms with van der Waals surface area (Å²) in [4.78, 5) is 0. The average molecular weight is 227 g/mol. The molecule has 0 spiro atoms. The molecule has 0 unspecified atom stereocenters. The number of rotatable bonds is 4. The molecule has 5 nitrogen and oxygen atoms in total. The van der Waals surface area contributed by atoms with Gasteiger partial charge in [-0.25, -0.2) is 0 Å². The molecule has 0 atom stereocenters. The number of hydrogen-bond acceptors (Lipinski definition) is 5. The second-order valence-electron chi connectivity index (χ2n) is 4.91. The molecule has 2 N–H and O–H groups in total. The van der Waals surface area contributed by atoms with Crippen molar-refractivity contribution in [1.29, 1.82) is 0 Å². The van der Waals surface area contributed by atoms with Crippen molar-refractivity contribution >= 4 is 12.8 Å². The van der Waals surface area contributed by atoms with E-state index in [0.29, 0.717) is 5.69 Å². The highest BCUT2D eigenvalue weighted by Crippen LogP contribution is 2.25. The Labute approximate surface area is 95.5 Å². The van der Waals surface area contributed by atoms with Crippen LogP contribution in [0.1, 0.15) is 33.4 Å². The largest absolute Gasteiger partial charge is 0.532 e. The highest BCUT2D eigenvalue weighted by Gasteiger charge is 2.40. The Balaban J connectivity index is 2.75. The van der Waals surface area contributed by atoms with Crippen molar-refractivity contribution in [2.75, 3.05) is 0 Å². The van der Waals surface area contributed by atoms with Gasteiger partial charge in [0.05, 0.1) is 16.9 Å². The topological polar surface area (TPSA) is 75.7 Å². The first-order valence-corrected chi connectivity index (χ1v) is 5.15. The van der Waals surface area contributed by atoms with E-state index < -0.39 is 18.3 Å². The van der Waals surface area contributed by atoms with Crippen LogP contribution >= 0.6 is 0 Å². The van der Waals surface area contributed by atoms with Crippen LogP contribution in [-0.4, -0.2) is 33.6 Å². The van der Waals surface area contributed by atoms with Crippen LogP contribution in [0, 0.1) is 6.92 Å². The number of hydrogen-bond donors (Lipinski definition) is 2. The Bertz CT molecular complexity index is 356. The van der Waals surface area contributed by atoms with E-state index >= 15 is 0 Å². The van der Waals surface area contributed by atoms with Gasteiger partial charge in [0.15, 0.2) is 5.66 Å². The SMILES string of the molecule is Cc1cc(B(O)OC(C)(C)C(C)(C)O)on1. The summed E-state index contributed by atoms with van der Waals surface area (Å²) in [6.45, 7) is 8.37. The number of aliphatic hydroxyl groups is 1. The Morgan fingerprint density at radius 3 is 2.31 bits per heavy atom. The van der Waals surface area contributed by atoms with Crippen LogP contribution < -0.4 is 5.66 Å². The third kappa shape index (κ3) is 2.84. The molecule has 16 heavy (non-hydrogen) atoms. The lowest BCUT2D eigenvalue weighted by Gasteiger charge is -2.37. The molecule has 0 amide bonds. The zero-order valence-electron chi connectivity index (χ0n) is 10.3. The quantitative estimate of drug-likeness (QED) is 0.720. The summed E-state index contributed by atoms with van der Waals surface area (Å²) in [5.41, 5.74) is -1.09. The Kier molecular flexibility index (Phi) is 3.47. The molecule has 0 saturated carbocycles. The summed E-state index contributed by atoms with van der Waals surface area (Å²) in [5, 5.41) is 23.3.